The second kappa shape index (κ2) is 10.1. The van der Waals surface area contributed by atoms with Crippen LogP contribution >= 0.6 is 11.8 Å². The van der Waals surface area contributed by atoms with Gasteiger partial charge in [-0.05, 0) is 57.5 Å². The number of thioether (sulfide) groups is 1. The molecule has 0 radical (unpaired) electrons. The van der Waals surface area contributed by atoms with E-state index in [0.717, 1.165) is 16.2 Å². The molecule has 0 aliphatic rings. The molecule has 0 heterocycles. The van der Waals surface area contributed by atoms with Gasteiger partial charge in [-0.1, -0.05) is 24.3 Å². The van der Waals surface area contributed by atoms with E-state index in [9.17, 15) is 4.79 Å². The summed E-state index contributed by atoms with van der Waals surface area (Å²) >= 11 is 1.55. The molecule has 0 aliphatic heterocycles. The van der Waals surface area contributed by atoms with E-state index in [-0.39, 0.29) is 17.2 Å². The number of carbonyl (C=O) groups is 1. The van der Waals surface area contributed by atoms with Crippen molar-refractivity contribution in [3.8, 4) is 11.5 Å². The number of carbonyl (C=O) groups excluding carboxylic acids is 1. The van der Waals surface area contributed by atoms with Gasteiger partial charge in [-0.3, -0.25) is 4.79 Å². The number of ether oxygens (including phenoxy) is 2. The zero-order valence-electron chi connectivity index (χ0n) is 15.8. The van der Waals surface area contributed by atoms with Gasteiger partial charge in [0, 0.05) is 4.90 Å². The van der Waals surface area contributed by atoms with Crippen LogP contribution in [0.3, 0.4) is 0 Å². The van der Waals surface area contributed by atoms with Gasteiger partial charge in [0.1, 0.15) is 0 Å². The van der Waals surface area contributed by atoms with Crippen LogP contribution in [0.1, 0.15) is 39.3 Å². The Morgan fingerprint density at radius 2 is 1.65 bits per heavy atom. The van der Waals surface area contributed by atoms with E-state index in [1.165, 1.54) is 0 Å². The molecule has 0 aliphatic carbocycles. The first-order chi connectivity index (χ1) is 12.5. The fourth-order valence-electron chi connectivity index (χ4n) is 2.51. The third kappa shape index (κ3) is 5.70. The van der Waals surface area contributed by atoms with Crippen LogP contribution < -0.4 is 14.8 Å². The molecule has 2 aromatic rings. The Morgan fingerprint density at radius 3 is 2.31 bits per heavy atom. The first-order valence-corrected chi connectivity index (χ1v) is 9.84. The van der Waals surface area contributed by atoms with Crippen LogP contribution in [-0.4, -0.2) is 24.4 Å². The highest BCUT2D eigenvalue weighted by Crippen LogP contribution is 2.31. The molecule has 0 fully saturated rings. The first-order valence-electron chi connectivity index (χ1n) is 8.96. The smallest absolute Gasteiger partial charge is 0.233 e. The molecule has 0 spiro atoms. The third-order valence-electron chi connectivity index (χ3n) is 3.85. The van der Waals surface area contributed by atoms with Crippen LogP contribution in [0.15, 0.2) is 53.4 Å². The Hall–Kier alpha value is -2.14. The van der Waals surface area contributed by atoms with Crippen molar-refractivity contribution in [1.29, 1.82) is 0 Å². The molecule has 0 saturated heterocycles. The highest BCUT2D eigenvalue weighted by Gasteiger charge is 2.18. The van der Waals surface area contributed by atoms with Crippen LogP contribution in [-0.2, 0) is 4.79 Å². The lowest BCUT2D eigenvalue weighted by Gasteiger charge is -2.19. The number of amides is 1. The van der Waals surface area contributed by atoms with E-state index in [1.807, 2.05) is 76.2 Å². The molecule has 2 rings (SSSR count). The Morgan fingerprint density at radius 1 is 1.00 bits per heavy atom. The molecule has 2 unspecified atom stereocenters. The molecule has 0 aromatic heterocycles. The molecule has 2 atom stereocenters. The van der Waals surface area contributed by atoms with Gasteiger partial charge in [-0.2, -0.15) is 0 Å². The number of benzene rings is 2. The van der Waals surface area contributed by atoms with Crippen LogP contribution in [0.4, 0.5) is 0 Å². The molecule has 0 saturated carbocycles. The highest BCUT2D eigenvalue weighted by atomic mass is 32.2. The van der Waals surface area contributed by atoms with Gasteiger partial charge in [0.25, 0.3) is 0 Å². The molecule has 26 heavy (non-hydrogen) atoms. The summed E-state index contributed by atoms with van der Waals surface area (Å²) in [5.41, 5.74) is 0.988. The van der Waals surface area contributed by atoms with E-state index < -0.39 is 0 Å². The molecule has 4 nitrogen and oxygen atoms in total. The van der Waals surface area contributed by atoms with E-state index in [1.54, 1.807) is 11.8 Å². The normalized spacial score (nSPS) is 12.9. The van der Waals surface area contributed by atoms with Crippen molar-refractivity contribution in [2.24, 2.45) is 0 Å². The standard InChI is InChI=1S/C21H27NO3S/c1-5-24-19-13-12-17(14-20(19)25-6-2)15(3)22-21(23)16(4)26-18-10-8-7-9-11-18/h7-16H,5-6H2,1-4H3,(H,22,23). The lowest BCUT2D eigenvalue weighted by atomic mass is 10.1. The lowest BCUT2D eigenvalue weighted by Crippen LogP contribution is -2.33. The SMILES string of the molecule is CCOc1ccc(C(C)NC(=O)C(C)Sc2ccccc2)cc1OCC. The summed E-state index contributed by atoms with van der Waals surface area (Å²) < 4.78 is 11.3. The van der Waals surface area contributed by atoms with E-state index in [0.29, 0.717) is 19.0 Å². The minimum atomic E-state index is -0.172. The Labute approximate surface area is 160 Å². The van der Waals surface area contributed by atoms with Crippen molar-refractivity contribution in [2.45, 2.75) is 43.9 Å². The molecular weight excluding hydrogens is 346 g/mol. The van der Waals surface area contributed by atoms with E-state index in [4.69, 9.17) is 9.47 Å². The fraction of sp³-hybridized carbons (Fsp3) is 0.381. The summed E-state index contributed by atoms with van der Waals surface area (Å²) in [6, 6.07) is 15.6. The van der Waals surface area contributed by atoms with E-state index >= 15 is 0 Å². The van der Waals surface area contributed by atoms with Gasteiger partial charge in [0.05, 0.1) is 24.5 Å². The molecule has 0 bridgehead atoms. The average Bonchev–Trinajstić information content (AvgIpc) is 2.64. The summed E-state index contributed by atoms with van der Waals surface area (Å²) in [5.74, 6) is 1.45. The molecule has 1 N–H and O–H groups in total. The van der Waals surface area contributed by atoms with Crippen molar-refractivity contribution >= 4 is 17.7 Å². The molecule has 2 aromatic carbocycles. The molecule has 5 heteroatoms. The quantitative estimate of drug-likeness (QED) is 0.639. The Balaban J connectivity index is 2.02. The van der Waals surface area contributed by atoms with Crippen LogP contribution in [0.2, 0.25) is 0 Å². The summed E-state index contributed by atoms with van der Waals surface area (Å²) in [5, 5.41) is 2.91. The largest absolute Gasteiger partial charge is 0.490 e. The number of hydrogen-bond acceptors (Lipinski definition) is 4. The van der Waals surface area contributed by atoms with Crippen molar-refractivity contribution in [2.75, 3.05) is 13.2 Å². The van der Waals surface area contributed by atoms with Gasteiger partial charge in [0.2, 0.25) is 5.91 Å². The summed E-state index contributed by atoms with van der Waals surface area (Å²) in [6.45, 7) is 8.93. The van der Waals surface area contributed by atoms with Crippen molar-refractivity contribution < 1.29 is 14.3 Å². The first kappa shape index (κ1) is 20.2. The lowest BCUT2D eigenvalue weighted by molar-refractivity contribution is -0.120. The van der Waals surface area contributed by atoms with Gasteiger partial charge < -0.3 is 14.8 Å². The van der Waals surface area contributed by atoms with Crippen molar-refractivity contribution in [3.63, 3.8) is 0 Å². The predicted octanol–water partition coefficient (Wildman–Crippen LogP) is 4.84. The van der Waals surface area contributed by atoms with Gasteiger partial charge >= 0.3 is 0 Å². The number of hydrogen-bond donors (Lipinski definition) is 1. The van der Waals surface area contributed by atoms with Crippen LogP contribution in [0.25, 0.3) is 0 Å². The zero-order chi connectivity index (χ0) is 18.9. The zero-order valence-corrected chi connectivity index (χ0v) is 16.6. The van der Waals surface area contributed by atoms with Crippen molar-refractivity contribution in [3.05, 3.63) is 54.1 Å². The maximum Gasteiger partial charge on any atom is 0.233 e. The minimum absolute atomic E-state index is 0.0122. The van der Waals surface area contributed by atoms with E-state index in [2.05, 4.69) is 5.32 Å². The molecular formula is C21H27NO3S. The Kier molecular flexibility index (Phi) is 7.85. The minimum Gasteiger partial charge on any atom is -0.490 e. The maximum atomic E-state index is 12.5. The highest BCUT2D eigenvalue weighted by molar-refractivity contribution is 8.00. The van der Waals surface area contributed by atoms with Gasteiger partial charge in [0.15, 0.2) is 11.5 Å². The summed E-state index contributed by atoms with van der Waals surface area (Å²) in [4.78, 5) is 13.6. The van der Waals surface area contributed by atoms with Crippen molar-refractivity contribution in [1.82, 2.24) is 5.32 Å². The van der Waals surface area contributed by atoms with Gasteiger partial charge in [-0.25, -0.2) is 0 Å². The number of nitrogens with one attached hydrogen (secondary N) is 1. The topological polar surface area (TPSA) is 47.6 Å². The summed E-state index contributed by atoms with van der Waals surface area (Å²) in [7, 11) is 0. The maximum absolute atomic E-state index is 12.5. The molecule has 140 valence electrons. The number of rotatable bonds is 9. The third-order valence-corrected chi connectivity index (χ3v) is 4.96. The second-order valence-electron chi connectivity index (χ2n) is 5.88. The Bertz CT molecular complexity index is 706. The monoisotopic (exact) mass is 373 g/mol. The predicted molar refractivity (Wildman–Crippen MR) is 107 cm³/mol. The average molecular weight is 374 g/mol. The second-order valence-corrected chi connectivity index (χ2v) is 7.29. The van der Waals surface area contributed by atoms with Crippen LogP contribution in [0, 0.1) is 0 Å². The van der Waals surface area contributed by atoms with Crippen LogP contribution in [0.5, 0.6) is 11.5 Å². The fourth-order valence-corrected chi connectivity index (χ4v) is 3.41. The van der Waals surface area contributed by atoms with Gasteiger partial charge in [-0.15, -0.1) is 11.8 Å². The summed E-state index contributed by atoms with van der Waals surface area (Å²) in [6.07, 6.45) is 0. The molecule has 1 amide bonds.